The van der Waals surface area contributed by atoms with Crippen LogP contribution in [0.3, 0.4) is 0 Å². The van der Waals surface area contributed by atoms with Crippen LogP contribution in [0.15, 0.2) is 206 Å². The summed E-state index contributed by atoms with van der Waals surface area (Å²) in [6.07, 6.45) is 27.4. The summed E-state index contributed by atoms with van der Waals surface area (Å²) in [5, 5.41) is 42.0. The number of allylic oxidation sites excluding steroid dienone is 6. The topological polar surface area (TPSA) is 129 Å². The van der Waals surface area contributed by atoms with Crippen molar-refractivity contribution in [2.24, 2.45) is 0 Å². The first-order valence-electron chi connectivity index (χ1n) is 38.2. The lowest BCUT2D eigenvalue weighted by molar-refractivity contribution is 0.103. The number of rotatable bonds is 33. The average molecular weight is 1510 g/mol. The number of carbonyl (C=O) groups is 2. The van der Waals surface area contributed by atoms with Gasteiger partial charge in [0, 0.05) is 113 Å². The van der Waals surface area contributed by atoms with Gasteiger partial charge >= 0.3 is 0 Å². The van der Waals surface area contributed by atoms with Crippen molar-refractivity contribution >= 4 is 116 Å². The second kappa shape index (κ2) is 36.8. The fourth-order valence-corrected chi connectivity index (χ4v) is 21.9. The number of aryl methyl sites for hydroxylation is 4. The van der Waals surface area contributed by atoms with E-state index < -0.39 is 0 Å². The molecule has 4 aliphatic carbocycles. The summed E-state index contributed by atoms with van der Waals surface area (Å²) in [4.78, 5) is 34.5. The third-order valence-electron chi connectivity index (χ3n) is 20.7. The molecule has 9 aromatic rings. The minimum Gasteiger partial charge on any atom is -0.289 e. The molecule has 536 valence electrons. The molecule has 2 heterocycles. The van der Waals surface area contributed by atoms with E-state index in [9.17, 15) is 30.6 Å². The molecule has 0 N–H and O–H groups in total. The Kier molecular flexibility index (Phi) is 26.2. The van der Waals surface area contributed by atoms with Gasteiger partial charge in [0.25, 0.3) is 0 Å². The molecule has 2 aromatic heterocycles. The van der Waals surface area contributed by atoms with E-state index in [1.165, 1.54) is 139 Å². The van der Waals surface area contributed by atoms with Crippen LogP contribution in [0.2, 0.25) is 0 Å². The third-order valence-corrected chi connectivity index (χ3v) is 27.9. The van der Waals surface area contributed by atoms with E-state index in [1.54, 1.807) is 46.6 Å². The van der Waals surface area contributed by atoms with Crippen LogP contribution in [0, 0.1) is 45.3 Å². The highest BCUT2D eigenvalue weighted by molar-refractivity contribution is 8.22. The van der Waals surface area contributed by atoms with Gasteiger partial charge < -0.3 is 0 Å². The number of hydrogen-bond acceptors (Lipinski definition) is 12. The summed E-state index contributed by atoms with van der Waals surface area (Å²) in [7, 11) is 0. The molecule has 107 heavy (non-hydrogen) atoms. The van der Waals surface area contributed by atoms with Gasteiger partial charge in [-0.2, -0.15) is 21.0 Å². The predicted molar refractivity (Wildman–Crippen MR) is 456 cm³/mol. The summed E-state index contributed by atoms with van der Waals surface area (Å²) >= 11 is 10.7. The van der Waals surface area contributed by atoms with Gasteiger partial charge in [0.2, 0.25) is 0 Å². The Hall–Kier alpha value is -8.92. The van der Waals surface area contributed by atoms with E-state index in [0.717, 1.165) is 123 Å². The normalized spacial score (nSPS) is 14.1. The standard InChI is InChI=1S/C95H88N4O2S6/c1-5-9-13-17-25-62-33-39-66(40-34-62)59-102-94(103-60-67-41-35-63(36-42-67)26-18-14-10-6-2)88-78-53-81-79(54-80(78)92-84(88)51-72(105-92)49-82-86(69(55-96)56-97)74-29-21-23-31-76(74)90(82)100)89(85-52-73(106-93(81)85)50-83-87(70(57-98)58-99)75-30-22-24-32-77(75)91(83)101)95(107-71-47-45-65(46-48-71)28-20-16-12-8-4)104-61-68-43-37-64(38-44-68)27-19-15-11-7-3/h21-24,29-54H,5-20,25-28,59-61H2,1-4H3/b82-49-,83-50-,95-89-. The molecule has 6 nitrogen and oxygen atoms in total. The monoisotopic (exact) mass is 1510 g/mol. The quantitative estimate of drug-likeness (QED) is 0.0170. The summed E-state index contributed by atoms with van der Waals surface area (Å²) < 4.78 is 2.32. The zero-order chi connectivity index (χ0) is 74.2. The largest absolute Gasteiger partial charge is 0.289 e. The number of hydrogen-bond donors (Lipinski definition) is 0. The predicted octanol–water partition coefficient (Wildman–Crippen LogP) is 27.4. The van der Waals surface area contributed by atoms with Gasteiger partial charge in [-0.25, -0.2) is 0 Å². The van der Waals surface area contributed by atoms with Crippen molar-refractivity contribution in [3.05, 3.63) is 294 Å². The first kappa shape index (κ1) is 76.3. The van der Waals surface area contributed by atoms with Crippen LogP contribution >= 0.6 is 69.7 Å². The fourth-order valence-electron chi connectivity index (χ4n) is 14.9. The Labute approximate surface area is 658 Å². The number of unbranched alkanes of at least 4 members (excludes halogenated alkanes) is 12. The summed E-state index contributed by atoms with van der Waals surface area (Å²) in [6, 6.07) is 69.3. The number of fused-ring (bicyclic) bond motifs is 8. The Morgan fingerprint density at radius 1 is 0.336 bits per heavy atom. The first-order valence-corrected chi connectivity index (χ1v) is 43.6. The van der Waals surface area contributed by atoms with Gasteiger partial charge in [0.1, 0.15) is 35.4 Å². The van der Waals surface area contributed by atoms with E-state index in [0.29, 0.717) is 44.5 Å². The van der Waals surface area contributed by atoms with Gasteiger partial charge in [-0.1, -0.05) is 250 Å². The maximum Gasteiger partial charge on any atom is 0.194 e. The minimum atomic E-state index is -0.214. The number of benzene rings is 7. The SMILES string of the molecule is CCCCCCc1ccc(CSC(SCc2ccc(CCCCCC)cc2)=C2c3cc4c(cc3-c3sc(/C=C5\C(=O)c6ccccc6C5=C(C#N)C#N)cc32)/C(=C(\SCc2ccc(CCCCCC)cc2)Sc2ccc(CCCCCC)cc2)c2cc(/C=C3\C(=O)c5ccccc5C3=C(C#N)C#N)sc2-4)cc1. The molecule has 0 fully saturated rings. The zero-order valence-electron chi connectivity index (χ0n) is 61.6. The Morgan fingerprint density at radius 3 is 1.00 bits per heavy atom. The van der Waals surface area contributed by atoms with Gasteiger partial charge in [0.15, 0.2) is 11.6 Å². The molecule has 0 saturated carbocycles. The first-order chi connectivity index (χ1) is 52.5. The molecule has 0 bridgehead atoms. The molecule has 0 spiro atoms. The molecular formula is C95H88N4O2S6. The van der Waals surface area contributed by atoms with Crippen molar-refractivity contribution in [3.8, 4) is 45.2 Å². The molecule has 0 amide bonds. The number of carbonyl (C=O) groups excluding carboxylic acids is 2. The lowest BCUT2D eigenvalue weighted by Crippen LogP contribution is -1.95. The molecule has 13 rings (SSSR count). The number of nitriles is 4. The number of ketones is 2. The van der Waals surface area contributed by atoms with Crippen LogP contribution < -0.4 is 0 Å². The van der Waals surface area contributed by atoms with Crippen molar-refractivity contribution in [2.75, 3.05) is 0 Å². The van der Waals surface area contributed by atoms with Crippen LogP contribution in [0.4, 0.5) is 0 Å². The van der Waals surface area contributed by atoms with E-state index in [1.807, 2.05) is 83.8 Å². The van der Waals surface area contributed by atoms with Crippen molar-refractivity contribution in [1.82, 2.24) is 0 Å². The maximum atomic E-state index is 14.7. The second-order valence-electron chi connectivity index (χ2n) is 28.2. The van der Waals surface area contributed by atoms with Gasteiger partial charge in [-0.15, -0.1) is 58.0 Å². The van der Waals surface area contributed by atoms with Gasteiger partial charge in [-0.3, -0.25) is 9.59 Å². The molecule has 0 saturated heterocycles. The van der Waals surface area contributed by atoms with Gasteiger partial charge in [0.05, 0.1) is 4.24 Å². The second-order valence-corrected chi connectivity index (χ2v) is 34.9. The molecule has 7 aromatic carbocycles. The lowest BCUT2D eigenvalue weighted by Gasteiger charge is -2.16. The third kappa shape index (κ3) is 17.5. The van der Waals surface area contributed by atoms with Crippen LogP contribution in [-0.4, -0.2) is 11.6 Å². The maximum absolute atomic E-state index is 14.7. The van der Waals surface area contributed by atoms with Crippen LogP contribution in [0.5, 0.6) is 0 Å². The molecule has 0 radical (unpaired) electrons. The highest BCUT2D eigenvalue weighted by Gasteiger charge is 2.39. The highest BCUT2D eigenvalue weighted by Crippen LogP contribution is 2.61. The van der Waals surface area contributed by atoms with E-state index in [4.69, 9.17) is 0 Å². The minimum absolute atomic E-state index is 0.0962. The van der Waals surface area contributed by atoms with Crippen molar-refractivity contribution in [1.29, 1.82) is 21.0 Å². The Morgan fingerprint density at radius 2 is 0.654 bits per heavy atom. The number of thioether (sulfide) groups is 4. The molecule has 12 heteroatoms. The van der Waals surface area contributed by atoms with Gasteiger partial charge in [-0.05, 0) is 161 Å². The van der Waals surface area contributed by atoms with Crippen molar-refractivity contribution in [3.63, 3.8) is 0 Å². The molecule has 0 aliphatic heterocycles. The number of nitrogens with zero attached hydrogens (tertiary/aromatic N) is 4. The van der Waals surface area contributed by atoms with E-state index in [2.05, 4.69) is 173 Å². The van der Waals surface area contributed by atoms with Crippen molar-refractivity contribution in [2.45, 2.75) is 178 Å². The summed E-state index contributed by atoms with van der Waals surface area (Å²) in [6.45, 7) is 9.03. The molecule has 0 atom stereocenters. The average Bonchev–Trinajstić information content (AvgIpc) is 1.55. The fraction of sp³-hybridized carbons (Fsp3) is 0.284. The van der Waals surface area contributed by atoms with Crippen LogP contribution in [0.25, 0.3) is 55.3 Å². The number of Topliss-reactive ketones (excluding diaryl/α,β-unsaturated/α-hetero) is 2. The molecular weight excluding hydrogens is 1420 g/mol. The van der Waals surface area contributed by atoms with E-state index >= 15 is 0 Å². The summed E-state index contributed by atoms with van der Waals surface area (Å²) in [5.41, 5.74) is 21.2. The molecule has 0 unspecified atom stereocenters. The summed E-state index contributed by atoms with van der Waals surface area (Å²) in [5.74, 6) is 1.76. The highest BCUT2D eigenvalue weighted by atomic mass is 32.2. The Bertz CT molecular complexity index is 5100. The lowest BCUT2D eigenvalue weighted by atomic mass is 9.98. The van der Waals surface area contributed by atoms with Crippen molar-refractivity contribution < 1.29 is 9.59 Å². The smallest absolute Gasteiger partial charge is 0.194 e. The molecule has 4 aliphatic rings. The zero-order valence-corrected chi connectivity index (χ0v) is 66.5. The van der Waals surface area contributed by atoms with E-state index in [-0.39, 0.29) is 22.7 Å². The van der Waals surface area contributed by atoms with Crippen LogP contribution in [-0.2, 0) is 42.9 Å². The number of thiophene rings is 2. The van der Waals surface area contributed by atoms with Crippen LogP contribution in [0.1, 0.15) is 233 Å². The Balaban J connectivity index is 1.02.